The fraction of sp³-hybridized carbons (Fsp3) is 0.200. The number of imidazole rings is 1. The third kappa shape index (κ3) is 6.14. The highest BCUT2D eigenvalue weighted by Crippen LogP contribution is 2.22. The number of methoxy groups -OCH3 is 1. The first-order valence-corrected chi connectivity index (χ1v) is 13.0. The summed E-state index contributed by atoms with van der Waals surface area (Å²) in [5.41, 5.74) is 15.2. The summed E-state index contributed by atoms with van der Waals surface area (Å²) in [5, 5.41) is 0. The average Bonchev–Trinajstić information content (AvgIpc) is 3.43. The molecule has 0 saturated heterocycles. The summed E-state index contributed by atoms with van der Waals surface area (Å²) in [6, 6.07) is 21.7. The monoisotopic (exact) mass is 554 g/mol. The molecule has 0 saturated carbocycles. The molecule has 3 aromatic carbocycles. The third-order valence-electron chi connectivity index (χ3n) is 6.78. The van der Waals surface area contributed by atoms with Crippen molar-refractivity contribution in [3.63, 3.8) is 0 Å². The summed E-state index contributed by atoms with van der Waals surface area (Å²) in [5.74, 6) is 0.408. The number of aromatic nitrogens is 4. The number of ether oxygens (including phenoxy) is 2. The number of aryl methyl sites for hydroxylation is 3. The molecule has 2 heterocycles. The van der Waals surface area contributed by atoms with Crippen LogP contribution in [0, 0.1) is 0 Å². The Morgan fingerprint density at radius 3 is 1.95 bits per heavy atom. The fourth-order valence-electron chi connectivity index (χ4n) is 4.46. The lowest BCUT2D eigenvalue weighted by Crippen LogP contribution is -2.41. The number of carbonyl (C=O) groups excluding carboxylic acids is 1. The van der Waals surface area contributed by atoms with E-state index in [2.05, 4.69) is 14.7 Å². The van der Waals surface area contributed by atoms with Crippen LogP contribution in [0.1, 0.15) is 11.1 Å². The first-order chi connectivity index (χ1) is 19.8. The van der Waals surface area contributed by atoms with Gasteiger partial charge in [-0.25, -0.2) is 14.6 Å². The van der Waals surface area contributed by atoms with Crippen molar-refractivity contribution in [3.05, 3.63) is 105 Å². The van der Waals surface area contributed by atoms with Crippen molar-refractivity contribution in [3.8, 4) is 17.1 Å². The van der Waals surface area contributed by atoms with Gasteiger partial charge in [-0.05, 0) is 72.5 Å². The van der Waals surface area contributed by atoms with Crippen LogP contribution in [0.25, 0.3) is 22.6 Å². The number of carbonyl (C=O) groups is 1. The number of anilines is 2. The predicted octanol–water partition coefficient (Wildman–Crippen LogP) is 2.75. The van der Waals surface area contributed by atoms with Gasteiger partial charge in [0.25, 0.3) is 5.56 Å². The number of hydrogen-bond acceptors (Lipinski definition) is 8. The summed E-state index contributed by atoms with van der Waals surface area (Å²) in [7, 11) is 1.29. The number of rotatable bonds is 10. The predicted molar refractivity (Wildman–Crippen MR) is 157 cm³/mol. The van der Waals surface area contributed by atoms with Crippen molar-refractivity contribution >= 4 is 28.5 Å². The van der Waals surface area contributed by atoms with Crippen molar-refractivity contribution < 1.29 is 14.3 Å². The van der Waals surface area contributed by atoms with Crippen molar-refractivity contribution in [2.24, 2.45) is 0 Å². The molecule has 0 amide bonds. The van der Waals surface area contributed by atoms with E-state index in [1.807, 2.05) is 36.4 Å². The van der Waals surface area contributed by atoms with Crippen LogP contribution >= 0.6 is 0 Å². The Kier molecular flexibility index (Phi) is 7.86. The summed E-state index contributed by atoms with van der Waals surface area (Å²) in [4.78, 5) is 46.4. The van der Waals surface area contributed by atoms with E-state index < -0.39 is 17.2 Å². The zero-order chi connectivity index (χ0) is 28.9. The second-order valence-electron chi connectivity index (χ2n) is 9.55. The molecular formula is C30H30N6O5. The van der Waals surface area contributed by atoms with Crippen LogP contribution in [0.15, 0.2) is 82.4 Å². The lowest BCUT2D eigenvalue weighted by Gasteiger charge is -2.12. The summed E-state index contributed by atoms with van der Waals surface area (Å²) < 4.78 is 12.8. The molecule has 11 nitrogen and oxygen atoms in total. The molecular weight excluding hydrogens is 524 g/mol. The molecule has 11 heteroatoms. The van der Waals surface area contributed by atoms with E-state index in [1.165, 1.54) is 16.2 Å². The van der Waals surface area contributed by atoms with E-state index in [-0.39, 0.29) is 24.3 Å². The van der Waals surface area contributed by atoms with E-state index in [0.29, 0.717) is 47.9 Å². The Balaban J connectivity index is 1.50. The molecule has 0 bridgehead atoms. The number of aromatic amines is 1. The standard InChI is InChI=1S/C30H30N6O5/c1-40-25(37)18-41-24-12-6-21(7-13-24)27-33-26-28(34-27)35(16-14-19-2-8-22(31)9-3-19)30(39)36(29(26)38)17-15-20-4-10-23(32)11-5-20/h2-13H,14-18,31-32H2,1H3,(H,33,34). The number of benzene rings is 3. The largest absolute Gasteiger partial charge is 0.482 e. The lowest BCUT2D eigenvalue weighted by atomic mass is 10.1. The van der Waals surface area contributed by atoms with Gasteiger partial charge in [0.2, 0.25) is 0 Å². The van der Waals surface area contributed by atoms with Gasteiger partial charge in [0.15, 0.2) is 12.3 Å². The molecule has 0 unspecified atom stereocenters. The molecule has 5 aromatic rings. The van der Waals surface area contributed by atoms with Crippen molar-refractivity contribution in [2.75, 3.05) is 25.2 Å². The van der Waals surface area contributed by atoms with Crippen LogP contribution in [0.3, 0.4) is 0 Å². The first kappa shape index (κ1) is 27.3. The average molecular weight is 555 g/mol. The van der Waals surface area contributed by atoms with Crippen LogP contribution < -0.4 is 27.5 Å². The van der Waals surface area contributed by atoms with E-state index >= 15 is 0 Å². The third-order valence-corrected chi connectivity index (χ3v) is 6.78. The molecule has 0 spiro atoms. The number of nitrogens with zero attached hydrogens (tertiary/aromatic N) is 3. The van der Waals surface area contributed by atoms with Gasteiger partial charge >= 0.3 is 11.7 Å². The number of fused-ring (bicyclic) bond motifs is 1. The molecule has 5 rings (SSSR count). The molecule has 0 aliphatic rings. The second kappa shape index (κ2) is 11.8. The minimum absolute atomic E-state index is 0.194. The smallest absolute Gasteiger partial charge is 0.343 e. The first-order valence-electron chi connectivity index (χ1n) is 13.0. The van der Waals surface area contributed by atoms with Gasteiger partial charge in [0.1, 0.15) is 17.1 Å². The maximum atomic E-state index is 13.7. The number of nitrogens with two attached hydrogens (primary N) is 2. The Morgan fingerprint density at radius 1 is 0.829 bits per heavy atom. The highest BCUT2D eigenvalue weighted by Gasteiger charge is 2.18. The molecule has 210 valence electrons. The maximum absolute atomic E-state index is 13.7. The van der Waals surface area contributed by atoms with Gasteiger partial charge in [-0.15, -0.1) is 0 Å². The highest BCUT2D eigenvalue weighted by molar-refractivity contribution is 5.75. The van der Waals surface area contributed by atoms with Gasteiger partial charge in [0.05, 0.1) is 7.11 Å². The molecule has 0 aliphatic carbocycles. The Morgan fingerprint density at radius 2 is 1.39 bits per heavy atom. The zero-order valence-electron chi connectivity index (χ0n) is 22.5. The Hall–Kier alpha value is -5.32. The summed E-state index contributed by atoms with van der Waals surface area (Å²) in [6.45, 7) is 0.294. The molecule has 41 heavy (non-hydrogen) atoms. The van der Waals surface area contributed by atoms with Gasteiger partial charge in [-0.1, -0.05) is 24.3 Å². The van der Waals surface area contributed by atoms with Crippen molar-refractivity contribution in [1.29, 1.82) is 0 Å². The molecule has 5 N–H and O–H groups in total. The molecule has 0 atom stereocenters. The maximum Gasteiger partial charge on any atom is 0.343 e. The number of nitrogen functional groups attached to an aromatic ring is 2. The van der Waals surface area contributed by atoms with E-state index in [0.717, 1.165) is 11.1 Å². The summed E-state index contributed by atoms with van der Waals surface area (Å²) in [6.07, 6.45) is 1.02. The van der Waals surface area contributed by atoms with E-state index in [9.17, 15) is 14.4 Å². The highest BCUT2D eigenvalue weighted by atomic mass is 16.6. The van der Waals surface area contributed by atoms with Gasteiger partial charge in [-0.2, -0.15) is 0 Å². The number of nitrogens with one attached hydrogen (secondary N) is 1. The van der Waals surface area contributed by atoms with Gasteiger partial charge < -0.3 is 25.9 Å². The lowest BCUT2D eigenvalue weighted by molar-refractivity contribution is -0.142. The molecule has 0 radical (unpaired) electrons. The SMILES string of the molecule is COC(=O)COc1ccc(-c2nc3c([nH]2)c(=O)n(CCc2ccc(N)cc2)c(=O)n3CCc2ccc(N)cc2)cc1. The van der Waals surface area contributed by atoms with Gasteiger partial charge in [0, 0.05) is 30.0 Å². The quantitative estimate of drug-likeness (QED) is 0.175. The minimum atomic E-state index is -0.490. The number of esters is 1. The Bertz CT molecular complexity index is 1790. The number of H-pyrrole nitrogens is 1. The van der Waals surface area contributed by atoms with Crippen LogP contribution in [-0.4, -0.2) is 38.8 Å². The van der Waals surface area contributed by atoms with Gasteiger partial charge in [-0.3, -0.25) is 13.9 Å². The molecule has 0 fully saturated rings. The van der Waals surface area contributed by atoms with Crippen molar-refractivity contribution in [1.82, 2.24) is 19.1 Å². The second-order valence-corrected chi connectivity index (χ2v) is 9.55. The Labute approximate surface area is 235 Å². The van der Waals surface area contributed by atoms with Crippen LogP contribution in [0.2, 0.25) is 0 Å². The van der Waals surface area contributed by atoms with Crippen LogP contribution in [0.5, 0.6) is 5.75 Å². The zero-order valence-corrected chi connectivity index (χ0v) is 22.5. The summed E-state index contributed by atoms with van der Waals surface area (Å²) >= 11 is 0. The molecule has 0 aliphatic heterocycles. The molecule has 2 aromatic heterocycles. The van der Waals surface area contributed by atoms with Crippen LogP contribution in [0.4, 0.5) is 11.4 Å². The normalized spacial score (nSPS) is 11.0. The van der Waals surface area contributed by atoms with Crippen molar-refractivity contribution in [2.45, 2.75) is 25.9 Å². The fourth-order valence-corrected chi connectivity index (χ4v) is 4.46. The number of hydrogen-bond donors (Lipinski definition) is 3. The van der Waals surface area contributed by atoms with E-state index in [4.69, 9.17) is 16.2 Å². The topological polar surface area (TPSA) is 160 Å². The minimum Gasteiger partial charge on any atom is -0.482 e. The van der Waals surface area contributed by atoms with Crippen LogP contribution in [-0.2, 0) is 35.5 Å². The van der Waals surface area contributed by atoms with E-state index in [1.54, 1.807) is 36.4 Å².